The molecule has 0 aliphatic carbocycles. The Hall–Kier alpha value is -2.35. The lowest BCUT2D eigenvalue weighted by molar-refractivity contribution is -0.139. The molecular formula is C25H27BrF2N4O4S2. The number of alkyl halides is 1. The number of aromatic nitrogens is 1. The number of carbonyl (C=O) groups is 2. The van der Waals surface area contributed by atoms with Crippen LogP contribution >= 0.6 is 39.0 Å². The summed E-state index contributed by atoms with van der Waals surface area (Å²) in [6.45, 7) is 2.83. The zero-order valence-electron chi connectivity index (χ0n) is 20.5. The van der Waals surface area contributed by atoms with Gasteiger partial charge in [0.05, 0.1) is 17.9 Å². The molecule has 1 aromatic carbocycles. The van der Waals surface area contributed by atoms with Gasteiger partial charge in [0.1, 0.15) is 18.0 Å². The summed E-state index contributed by atoms with van der Waals surface area (Å²) in [5.74, 6) is -1.28. The lowest BCUT2D eigenvalue weighted by atomic mass is 9.94. The Morgan fingerprint density at radius 1 is 1.39 bits per heavy atom. The van der Waals surface area contributed by atoms with Gasteiger partial charge >= 0.3 is 11.9 Å². The molecule has 2 N–H and O–H groups in total. The fourth-order valence-corrected chi connectivity index (χ4v) is 6.56. The van der Waals surface area contributed by atoms with E-state index >= 15 is 4.39 Å². The summed E-state index contributed by atoms with van der Waals surface area (Å²) >= 11 is 6.02. The number of thiazole rings is 1. The van der Waals surface area contributed by atoms with Gasteiger partial charge in [-0.2, -0.15) is 0 Å². The number of rotatable bonds is 10. The van der Waals surface area contributed by atoms with Gasteiger partial charge in [-0.25, -0.2) is 18.6 Å². The number of aliphatic carboxylic acids is 1. The van der Waals surface area contributed by atoms with Crippen LogP contribution in [-0.4, -0.2) is 76.7 Å². The number of nitrogens with zero attached hydrogens (tertiary/aromatic N) is 3. The number of carboxylic acids is 1. The van der Waals surface area contributed by atoms with Crippen molar-refractivity contribution in [3.8, 4) is 0 Å². The number of ether oxygens (including phenoxy) is 1. The predicted octanol–water partition coefficient (Wildman–Crippen LogP) is 4.43. The van der Waals surface area contributed by atoms with Crippen LogP contribution in [0.3, 0.4) is 0 Å². The van der Waals surface area contributed by atoms with Gasteiger partial charge in [-0.3, -0.25) is 14.7 Å². The molecule has 0 radical (unpaired) electrons. The van der Waals surface area contributed by atoms with Gasteiger partial charge in [0.2, 0.25) is 0 Å². The Balaban J connectivity index is 1.64. The normalized spacial score (nSPS) is 22.1. The number of aliphatic imine (C=N–C) groups is 1. The van der Waals surface area contributed by atoms with Crippen LogP contribution in [0.15, 0.2) is 50.5 Å². The monoisotopic (exact) mass is 628 g/mol. The maximum Gasteiger partial charge on any atom is 0.338 e. The maximum absolute atomic E-state index is 15.1. The summed E-state index contributed by atoms with van der Waals surface area (Å²) in [5.41, 5.74) is 1.38. The molecule has 38 heavy (non-hydrogen) atoms. The van der Waals surface area contributed by atoms with E-state index in [1.807, 2.05) is 10.3 Å². The van der Waals surface area contributed by atoms with Crippen LogP contribution in [-0.2, 0) is 14.3 Å². The number of esters is 1. The minimum Gasteiger partial charge on any atom is -0.481 e. The lowest BCUT2D eigenvalue weighted by Gasteiger charge is -2.36. The number of amidine groups is 1. The highest BCUT2D eigenvalue weighted by atomic mass is 79.9. The molecule has 0 spiro atoms. The van der Waals surface area contributed by atoms with E-state index in [4.69, 9.17) is 14.8 Å². The van der Waals surface area contributed by atoms with E-state index < -0.39 is 30.0 Å². The molecule has 1 fully saturated rings. The molecular weight excluding hydrogens is 602 g/mol. The van der Waals surface area contributed by atoms with Crippen molar-refractivity contribution in [2.45, 2.75) is 25.6 Å². The summed E-state index contributed by atoms with van der Waals surface area (Å²) in [4.78, 5) is 35.1. The van der Waals surface area contributed by atoms with Gasteiger partial charge in [-0.15, -0.1) is 23.1 Å². The topological polar surface area (TPSA) is 104 Å². The first kappa shape index (κ1) is 28.7. The first-order chi connectivity index (χ1) is 18.3. The second-order valence-electron chi connectivity index (χ2n) is 8.83. The number of nitrogens with one attached hydrogen (secondary N) is 1. The third-order valence-corrected chi connectivity index (χ3v) is 8.79. The molecule has 3 heterocycles. The van der Waals surface area contributed by atoms with Crippen molar-refractivity contribution in [3.05, 3.63) is 61.9 Å². The Bertz CT molecular complexity index is 1230. The average Bonchev–Trinajstić information content (AvgIpc) is 3.40. The van der Waals surface area contributed by atoms with Crippen molar-refractivity contribution >= 4 is 56.8 Å². The van der Waals surface area contributed by atoms with Gasteiger partial charge in [-0.1, -0.05) is 22.0 Å². The van der Waals surface area contributed by atoms with E-state index in [9.17, 15) is 14.0 Å². The van der Waals surface area contributed by atoms with Gasteiger partial charge in [-0.05, 0) is 43.3 Å². The molecule has 2 aromatic rings. The van der Waals surface area contributed by atoms with Crippen LogP contribution in [0.2, 0.25) is 0 Å². The summed E-state index contributed by atoms with van der Waals surface area (Å²) < 4.78 is 34.8. The molecule has 8 nitrogen and oxygen atoms in total. The number of hydrogen-bond acceptors (Lipinski definition) is 9. The van der Waals surface area contributed by atoms with Crippen LogP contribution in [0, 0.1) is 11.7 Å². The molecule has 1 aromatic heterocycles. The summed E-state index contributed by atoms with van der Waals surface area (Å²) in [5, 5.41) is 14.5. The second kappa shape index (κ2) is 13.1. The number of thioether (sulfide) groups is 1. The van der Waals surface area contributed by atoms with E-state index in [-0.39, 0.29) is 36.9 Å². The van der Waals surface area contributed by atoms with E-state index in [1.54, 1.807) is 19.2 Å². The molecule has 1 saturated heterocycles. The van der Waals surface area contributed by atoms with Crippen molar-refractivity contribution in [2.24, 2.45) is 10.9 Å². The van der Waals surface area contributed by atoms with Gasteiger partial charge in [0.15, 0.2) is 10.8 Å². The lowest BCUT2D eigenvalue weighted by Crippen LogP contribution is -2.46. The standard InChI is InChI=1S/C25H27BrF2N4O4S2/c1-2-36-25(35)21-19(11-32-7-5-14(18(28)10-32)12-37-13-20(33)34)30-23(24-29-6-8-38-24)31-22(21)16-4-3-15(27)9-17(16)26/h3-4,6,8-9,14,18,22H,2,5,7,10-13H2,1H3,(H,30,31)(H,33,34). The number of carboxylic acid groups (broad SMARTS) is 1. The van der Waals surface area contributed by atoms with Crippen molar-refractivity contribution in [3.63, 3.8) is 0 Å². The van der Waals surface area contributed by atoms with E-state index in [2.05, 4.69) is 26.2 Å². The zero-order chi connectivity index (χ0) is 27.2. The SMILES string of the molecule is CCOC(=O)C1=C(CN2CCC(CSCC(=O)O)C(F)C2)NC(c2nccs2)=NC1c1ccc(F)cc1Br. The third-order valence-electron chi connectivity index (χ3n) is 6.21. The summed E-state index contributed by atoms with van der Waals surface area (Å²) in [6, 6.07) is 3.40. The van der Waals surface area contributed by atoms with E-state index in [1.165, 1.54) is 35.2 Å². The highest BCUT2D eigenvalue weighted by Gasteiger charge is 2.36. The van der Waals surface area contributed by atoms with E-state index in [0.717, 1.165) is 0 Å². The first-order valence-corrected chi connectivity index (χ1v) is 14.8. The Morgan fingerprint density at radius 3 is 2.87 bits per heavy atom. The second-order valence-corrected chi connectivity index (χ2v) is 11.6. The fourth-order valence-electron chi connectivity index (χ4n) is 4.44. The summed E-state index contributed by atoms with van der Waals surface area (Å²) in [6.07, 6.45) is 1.09. The molecule has 0 saturated carbocycles. The quantitative estimate of drug-likeness (QED) is 0.373. The molecule has 13 heteroatoms. The molecule has 4 rings (SSSR count). The minimum absolute atomic E-state index is 0.0498. The number of piperidine rings is 1. The Kier molecular flexibility index (Phi) is 9.91. The number of benzene rings is 1. The Labute approximate surface area is 235 Å². The van der Waals surface area contributed by atoms with Crippen LogP contribution in [0.5, 0.6) is 0 Å². The van der Waals surface area contributed by atoms with Gasteiger partial charge in [0, 0.05) is 40.8 Å². The highest BCUT2D eigenvalue weighted by Crippen LogP contribution is 2.37. The van der Waals surface area contributed by atoms with Crippen LogP contribution in [0.25, 0.3) is 0 Å². The van der Waals surface area contributed by atoms with Crippen LogP contribution < -0.4 is 5.32 Å². The van der Waals surface area contributed by atoms with Crippen molar-refractivity contribution in [1.29, 1.82) is 0 Å². The average molecular weight is 630 g/mol. The number of hydrogen-bond donors (Lipinski definition) is 2. The van der Waals surface area contributed by atoms with E-state index in [0.29, 0.717) is 45.3 Å². The third kappa shape index (κ3) is 6.99. The first-order valence-electron chi connectivity index (χ1n) is 12.0. The minimum atomic E-state index is -1.13. The van der Waals surface area contributed by atoms with Gasteiger partial charge < -0.3 is 15.2 Å². The molecule has 0 bridgehead atoms. The molecule has 204 valence electrons. The molecule has 2 aliphatic heterocycles. The number of carbonyl (C=O) groups excluding carboxylic acids is 1. The van der Waals surface area contributed by atoms with Crippen LogP contribution in [0.1, 0.15) is 30.0 Å². The van der Waals surface area contributed by atoms with Crippen molar-refractivity contribution in [2.75, 3.05) is 37.7 Å². The van der Waals surface area contributed by atoms with Crippen molar-refractivity contribution in [1.82, 2.24) is 15.2 Å². The molecule has 0 amide bonds. The number of halogens is 3. The molecule has 2 aliphatic rings. The fraction of sp³-hybridized carbons (Fsp3) is 0.440. The van der Waals surface area contributed by atoms with Crippen molar-refractivity contribution < 1.29 is 28.2 Å². The molecule has 3 unspecified atom stereocenters. The zero-order valence-corrected chi connectivity index (χ0v) is 23.8. The predicted molar refractivity (Wildman–Crippen MR) is 147 cm³/mol. The Morgan fingerprint density at radius 2 is 2.21 bits per heavy atom. The van der Waals surface area contributed by atoms with Gasteiger partial charge in [0.25, 0.3) is 0 Å². The summed E-state index contributed by atoms with van der Waals surface area (Å²) in [7, 11) is 0. The maximum atomic E-state index is 15.1. The van der Waals surface area contributed by atoms with Crippen LogP contribution in [0.4, 0.5) is 8.78 Å². The highest BCUT2D eigenvalue weighted by molar-refractivity contribution is 9.10. The largest absolute Gasteiger partial charge is 0.481 e. The molecule has 3 atom stereocenters. The number of likely N-dealkylation sites (tertiary alicyclic amines) is 1. The smallest absolute Gasteiger partial charge is 0.338 e.